The maximum absolute atomic E-state index is 5.13. The van der Waals surface area contributed by atoms with E-state index in [1.165, 1.54) is 5.32 Å². The molecule has 0 aliphatic rings. The summed E-state index contributed by atoms with van der Waals surface area (Å²) in [5.74, 6) is 2.64. The number of hydrogen-bond donors (Lipinski definition) is 0. The van der Waals surface area contributed by atoms with Crippen LogP contribution in [0.25, 0.3) is 0 Å². The molecule has 1 heterocycles. The van der Waals surface area contributed by atoms with Crippen molar-refractivity contribution in [3.05, 3.63) is 24.4 Å². The third-order valence-electron chi connectivity index (χ3n) is 1.25. The van der Waals surface area contributed by atoms with Crippen LogP contribution in [0.4, 0.5) is 0 Å². The Kier molecular flexibility index (Phi) is 2.72. The third kappa shape index (κ3) is 2.04. The molecule has 0 radical (unpaired) electrons. The third-order valence-corrected chi connectivity index (χ3v) is 2.72. The number of nitrogens with zero attached hydrogens (tertiary/aromatic N) is 1. The Labute approximate surface area is 63.3 Å². The van der Waals surface area contributed by atoms with Crippen LogP contribution in [0.15, 0.2) is 24.4 Å². The Hall–Kier alpha value is -1.07. The quantitative estimate of drug-likeness (QED) is 0.421. The van der Waals surface area contributed by atoms with Gasteiger partial charge in [-0.1, -0.05) is 6.07 Å². The summed E-state index contributed by atoms with van der Waals surface area (Å²) in [5.41, 5.74) is 0. The van der Waals surface area contributed by atoms with Gasteiger partial charge in [0, 0.05) is 17.6 Å². The van der Waals surface area contributed by atoms with Crippen LogP contribution in [-0.2, 0) is 0 Å². The van der Waals surface area contributed by atoms with E-state index in [1.54, 1.807) is 0 Å². The number of pyridine rings is 1. The van der Waals surface area contributed by atoms with Crippen molar-refractivity contribution in [2.45, 2.75) is 6.04 Å². The monoisotopic (exact) mass is 147 g/mol. The first kappa shape index (κ1) is 7.04. The van der Waals surface area contributed by atoms with E-state index in [4.69, 9.17) is 6.42 Å². The Morgan fingerprint density at radius 3 is 3.10 bits per heavy atom. The number of terminal acetylenes is 1. The zero-order chi connectivity index (χ0) is 7.23. The van der Waals surface area contributed by atoms with Crippen LogP contribution in [0.3, 0.4) is 0 Å². The second-order valence-corrected chi connectivity index (χ2v) is 3.75. The van der Waals surface area contributed by atoms with Crippen molar-refractivity contribution in [2.24, 2.45) is 0 Å². The summed E-state index contributed by atoms with van der Waals surface area (Å²) in [6, 6.07) is 6.89. The molecule has 1 rings (SSSR count). The van der Waals surface area contributed by atoms with Gasteiger partial charge in [0.2, 0.25) is 0 Å². The van der Waals surface area contributed by atoms with E-state index in [0.29, 0.717) is 0 Å². The molecule has 1 aromatic rings. The van der Waals surface area contributed by atoms with Crippen LogP contribution in [0.1, 0.15) is 0 Å². The highest BCUT2D eigenvalue weighted by atomic mass is 28.2. The van der Waals surface area contributed by atoms with Gasteiger partial charge in [-0.15, -0.1) is 12.3 Å². The Morgan fingerprint density at radius 1 is 1.60 bits per heavy atom. The van der Waals surface area contributed by atoms with Crippen LogP contribution in [0.2, 0.25) is 6.04 Å². The molecule has 1 nitrogen and oxygen atoms in total. The van der Waals surface area contributed by atoms with E-state index in [2.05, 4.69) is 10.9 Å². The second kappa shape index (κ2) is 3.86. The molecule has 0 fully saturated rings. The van der Waals surface area contributed by atoms with Crippen molar-refractivity contribution in [1.82, 2.24) is 4.98 Å². The van der Waals surface area contributed by atoms with Gasteiger partial charge in [-0.25, -0.2) is 0 Å². The van der Waals surface area contributed by atoms with E-state index in [-0.39, 0.29) is 9.52 Å². The van der Waals surface area contributed by atoms with Gasteiger partial charge in [-0.3, -0.25) is 4.98 Å². The summed E-state index contributed by atoms with van der Waals surface area (Å²) in [6.45, 7) is 0. The molecule has 0 saturated heterocycles. The molecule has 0 saturated carbocycles. The summed E-state index contributed by atoms with van der Waals surface area (Å²) in [7, 11) is -0.259. The standard InChI is InChI=1S/C8H9NSi/c1-2-7-10-8-5-3-4-6-9-8/h1,3-6H,7,10H2. The number of aromatic nitrogens is 1. The van der Waals surface area contributed by atoms with Crippen molar-refractivity contribution < 1.29 is 0 Å². The minimum Gasteiger partial charge on any atom is -0.267 e. The Bertz CT molecular complexity index is 225. The molecule has 0 aliphatic carbocycles. The van der Waals surface area contributed by atoms with Crippen LogP contribution in [-0.4, -0.2) is 14.5 Å². The fourth-order valence-electron chi connectivity index (χ4n) is 0.746. The molecule has 0 N–H and O–H groups in total. The van der Waals surface area contributed by atoms with E-state index in [0.717, 1.165) is 6.04 Å². The van der Waals surface area contributed by atoms with E-state index >= 15 is 0 Å². The van der Waals surface area contributed by atoms with E-state index < -0.39 is 0 Å². The molecule has 0 aliphatic heterocycles. The van der Waals surface area contributed by atoms with Gasteiger partial charge in [0.05, 0.1) is 9.52 Å². The average molecular weight is 147 g/mol. The molecule has 1 aromatic heterocycles. The van der Waals surface area contributed by atoms with Crippen molar-refractivity contribution in [1.29, 1.82) is 0 Å². The Balaban J connectivity index is 2.52. The first-order valence-electron chi connectivity index (χ1n) is 3.27. The summed E-state index contributed by atoms with van der Waals surface area (Å²) < 4.78 is 0. The van der Waals surface area contributed by atoms with Crippen molar-refractivity contribution in [3.8, 4) is 12.3 Å². The van der Waals surface area contributed by atoms with Crippen LogP contribution in [0, 0.1) is 12.3 Å². The fourth-order valence-corrected chi connectivity index (χ4v) is 1.68. The predicted octanol–water partition coefficient (Wildman–Crippen LogP) is -0.0728. The molecule has 0 atom stereocenters. The molecule has 0 amide bonds. The number of hydrogen-bond acceptors (Lipinski definition) is 1. The van der Waals surface area contributed by atoms with E-state index in [1.807, 2.05) is 24.4 Å². The molecule has 50 valence electrons. The number of rotatable bonds is 2. The van der Waals surface area contributed by atoms with Crippen molar-refractivity contribution in [2.75, 3.05) is 0 Å². The maximum Gasteiger partial charge on any atom is 0.0912 e. The highest BCUT2D eigenvalue weighted by molar-refractivity contribution is 6.52. The van der Waals surface area contributed by atoms with Crippen LogP contribution >= 0.6 is 0 Å². The molecule has 10 heavy (non-hydrogen) atoms. The first-order chi connectivity index (χ1) is 4.93. The first-order valence-corrected chi connectivity index (χ1v) is 4.97. The van der Waals surface area contributed by atoms with Gasteiger partial charge in [0.25, 0.3) is 0 Å². The SMILES string of the molecule is C#CC[SiH2]c1ccccn1. The van der Waals surface area contributed by atoms with Gasteiger partial charge in [-0.2, -0.15) is 0 Å². The lowest BCUT2D eigenvalue weighted by Gasteiger charge is -1.91. The smallest absolute Gasteiger partial charge is 0.0912 e. The van der Waals surface area contributed by atoms with Gasteiger partial charge in [0.1, 0.15) is 0 Å². The topological polar surface area (TPSA) is 12.9 Å². The zero-order valence-corrected chi connectivity index (χ0v) is 7.16. The van der Waals surface area contributed by atoms with Gasteiger partial charge in [0.15, 0.2) is 0 Å². The molecule has 0 unspecified atom stereocenters. The van der Waals surface area contributed by atoms with Crippen molar-refractivity contribution >= 4 is 14.8 Å². The summed E-state index contributed by atoms with van der Waals surface area (Å²) >= 11 is 0. The second-order valence-electron chi connectivity index (χ2n) is 2.03. The van der Waals surface area contributed by atoms with Crippen molar-refractivity contribution in [3.63, 3.8) is 0 Å². The molecule has 0 bridgehead atoms. The molecular weight excluding hydrogens is 138 g/mol. The molecule has 0 aromatic carbocycles. The lowest BCUT2D eigenvalue weighted by atomic mass is 10.5. The zero-order valence-electron chi connectivity index (χ0n) is 5.75. The maximum atomic E-state index is 5.13. The lowest BCUT2D eigenvalue weighted by molar-refractivity contribution is 1.38. The Morgan fingerprint density at radius 2 is 2.50 bits per heavy atom. The molecule has 2 heteroatoms. The minimum atomic E-state index is -0.259. The highest BCUT2D eigenvalue weighted by Gasteiger charge is 1.89. The van der Waals surface area contributed by atoms with Gasteiger partial charge in [-0.05, 0) is 12.1 Å². The van der Waals surface area contributed by atoms with Gasteiger partial charge < -0.3 is 0 Å². The fraction of sp³-hybridized carbons (Fsp3) is 0.125. The predicted molar refractivity (Wildman–Crippen MR) is 46.1 cm³/mol. The summed E-state index contributed by atoms with van der Waals surface area (Å²) in [5, 5.41) is 1.21. The van der Waals surface area contributed by atoms with Crippen LogP contribution in [0.5, 0.6) is 0 Å². The van der Waals surface area contributed by atoms with Crippen LogP contribution < -0.4 is 5.32 Å². The molecular formula is C8H9NSi. The highest BCUT2D eigenvalue weighted by Crippen LogP contribution is 1.78. The lowest BCUT2D eigenvalue weighted by Crippen LogP contribution is -2.15. The minimum absolute atomic E-state index is 0.259. The normalized spacial score (nSPS) is 9.90. The summed E-state index contributed by atoms with van der Waals surface area (Å²) in [6.07, 6.45) is 6.95. The summed E-state index contributed by atoms with van der Waals surface area (Å²) in [4.78, 5) is 4.18. The van der Waals surface area contributed by atoms with Gasteiger partial charge >= 0.3 is 0 Å². The van der Waals surface area contributed by atoms with E-state index in [9.17, 15) is 0 Å². The molecule has 0 spiro atoms. The largest absolute Gasteiger partial charge is 0.267 e. The average Bonchev–Trinajstić information content (AvgIpc) is 2.03.